The molecule has 2 nitrogen and oxygen atoms in total. The zero-order chi connectivity index (χ0) is 12.8. The van der Waals surface area contributed by atoms with Crippen molar-refractivity contribution in [3.8, 4) is 17.6 Å². The molecule has 2 rings (SSSR count). The lowest BCUT2D eigenvalue weighted by Crippen LogP contribution is -2.28. The van der Waals surface area contributed by atoms with Crippen molar-refractivity contribution in [3.05, 3.63) is 29.6 Å². The number of alkyl halides is 1. The standard InChI is InChI=1S/C14H14ClFO2/c15-7-1-3-11-9-12(16)5-6-14(11)18-13-4-2-8-17-10-13/h5-6,9,13H,2,4,7-8,10H2. The second kappa shape index (κ2) is 6.63. The second-order valence-corrected chi connectivity index (χ2v) is 4.30. The van der Waals surface area contributed by atoms with E-state index in [0.29, 0.717) is 17.9 Å². The second-order valence-electron chi connectivity index (χ2n) is 4.03. The maximum Gasteiger partial charge on any atom is 0.135 e. The maximum absolute atomic E-state index is 13.2. The first-order chi connectivity index (χ1) is 8.79. The molecule has 96 valence electrons. The molecule has 1 atom stereocenters. The van der Waals surface area contributed by atoms with Crippen molar-refractivity contribution in [3.63, 3.8) is 0 Å². The first-order valence-electron chi connectivity index (χ1n) is 5.88. The van der Waals surface area contributed by atoms with Crippen LogP contribution in [0.25, 0.3) is 0 Å². The Balaban J connectivity index is 2.15. The fourth-order valence-corrected chi connectivity index (χ4v) is 1.88. The Hall–Kier alpha value is -1.24. The fraction of sp³-hybridized carbons (Fsp3) is 0.429. The highest BCUT2D eigenvalue weighted by molar-refractivity contribution is 6.19. The summed E-state index contributed by atoms with van der Waals surface area (Å²) in [5, 5.41) is 0. The van der Waals surface area contributed by atoms with E-state index in [9.17, 15) is 4.39 Å². The van der Waals surface area contributed by atoms with Crippen LogP contribution in [0.2, 0.25) is 0 Å². The highest BCUT2D eigenvalue weighted by atomic mass is 35.5. The van der Waals surface area contributed by atoms with Crippen molar-refractivity contribution in [2.75, 3.05) is 19.1 Å². The summed E-state index contributed by atoms with van der Waals surface area (Å²) in [6.45, 7) is 1.35. The van der Waals surface area contributed by atoms with Gasteiger partial charge >= 0.3 is 0 Å². The predicted molar refractivity (Wildman–Crippen MR) is 68.5 cm³/mol. The number of halogens is 2. The Kier molecular flexibility index (Phi) is 4.86. The average Bonchev–Trinajstić information content (AvgIpc) is 2.40. The van der Waals surface area contributed by atoms with Crippen molar-refractivity contribution >= 4 is 11.6 Å². The highest BCUT2D eigenvalue weighted by Crippen LogP contribution is 2.22. The fourth-order valence-electron chi connectivity index (χ4n) is 1.81. The zero-order valence-electron chi connectivity index (χ0n) is 9.92. The lowest BCUT2D eigenvalue weighted by Gasteiger charge is -2.23. The molecule has 1 saturated heterocycles. The van der Waals surface area contributed by atoms with Gasteiger partial charge in [-0.1, -0.05) is 11.8 Å². The van der Waals surface area contributed by atoms with Gasteiger partial charge in [-0.25, -0.2) is 4.39 Å². The lowest BCUT2D eigenvalue weighted by atomic mass is 10.1. The van der Waals surface area contributed by atoms with Gasteiger partial charge in [-0.2, -0.15) is 0 Å². The molecule has 1 aromatic rings. The molecule has 1 aromatic carbocycles. The zero-order valence-corrected chi connectivity index (χ0v) is 10.7. The van der Waals surface area contributed by atoms with Gasteiger partial charge in [0.2, 0.25) is 0 Å². The molecular formula is C14H14ClFO2. The third-order valence-corrected chi connectivity index (χ3v) is 2.78. The van der Waals surface area contributed by atoms with E-state index < -0.39 is 0 Å². The van der Waals surface area contributed by atoms with E-state index in [-0.39, 0.29) is 17.8 Å². The summed E-state index contributed by atoms with van der Waals surface area (Å²) in [5.74, 6) is 5.98. The van der Waals surface area contributed by atoms with Gasteiger partial charge in [-0.05, 0) is 31.0 Å². The minimum atomic E-state index is -0.332. The van der Waals surface area contributed by atoms with Crippen LogP contribution >= 0.6 is 11.6 Å². The van der Waals surface area contributed by atoms with Crippen LogP contribution in [0, 0.1) is 17.7 Å². The van der Waals surface area contributed by atoms with Crippen molar-refractivity contribution in [1.29, 1.82) is 0 Å². The predicted octanol–water partition coefficient (Wildman–Crippen LogP) is 2.97. The van der Waals surface area contributed by atoms with Gasteiger partial charge in [0.15, 0.2) is 0 Å². The Bertz CT molecular complexity index is 459. The molecular weight excluding hydrogens is 255 g/mol. The Labute approximate surface area is 111 Å². The smallest absolute Gasteiger partial charge is 0.135 e. The molecule has 0 saturated carbocycles. The SMILES string of the molecule is Fc1ccc(OC2CCCOC2)c(C#CCCl)c1. The first kappa shape index (κ1) is 13.2. The van der Waals surface area contributed by atoms with E-state index in [4.69, 9.17) is 21.1 Å². The summed E-state index contributed by atoms with van der Waals surface area (Å²) < 4.78 is 24.3. The van der Waals surface area contributed by atoms with Crippen LogP contribution in [0.5, 0.6) is 5.75 Å². The monoisotopic (exact) mass is 268 g/mol. The van der Waals surface area contributed by atoms with E-state index >= 15 is 0 Å². The molecule has 4 heteroatoms. The third-order valence-electron chi connectivity index (χ3n) is 2.64. The van der Waals surface area contributed by atoms with Crippen LogP contribution < -0.4 is 4.74 Å². The van der Waals surface area contributed by atoms with Crippen LogP contribution in [0.15, 0.2) is 18.2 Å². The van der Waals surface area contributed by atoms with Gasteiger partial charge < -0.3 is 9.47 Å². The molecule has 1 aliphatic heterocycles. The van der Waals surface area contributed by atoms with Crippen LogP contribution in [0.4, 0.5) is 4.39 Å². The van der Waals surface area contributed by atoms with Gasteiger partial charge in [0.25, 0.3) is 0 Å². The molecule has 0 spiro atoms. The number of ether oxygens (including phenoxy) is 2. The van der Waals surface area contributed by atoms with Crippen molar-refractivity contribution in [2.45, 2.75) is 18.9 Å². The van der Waals surface area contributed by atoms with E-state index in [1.54, 1.807) is 6.07 Å². The summed E-state index contributed by atoms with van der Waals surface area (Å²) in [6.07, 6.45) is 1.94. The van der Waals surface area contributed by atoms with Gasteiger partial charge in [0, 0.05) is 6.61 Å². The Morgan fingerprint density at radius 3 is 3.11 bits per heavy atom. The minimum Gasteiger partial charge on any atom is -0.487 e. The van der Waals surface area contributed by atoms with Gasteiger partial charge in [0.1, 0.15) is 17.7 Å². The maximum atomic E-state index is 13.2. The normalized spacial score (nSPS) is 18.9. The summed E-state index contributed by atoms with van der Waals surface area (Å²) in [7, 11) is 0. The molecule has 1 heterocycles. The van der Waals surface area contributed by atoms with Gasteiger partial charge in [-0.15, -0.1) is 11.6 Å². The third kappa shape index (κ3) is 3.63. The molecule has 0 bridgehead atoms. The Morgan fingerprint density at radius 1 is 1.50 bits per heavy atom. The summed E-state index contributed by atoms with van der Waals surface area (Å²) in [5.41, 5.74) is 0.529. The molecule has 0 N–H and O–H groups in total. The summed E-state index contributed by atoms with van der Waals surface area (Å²) in [4.78, 5) is 0. The van der Waals surface area contributed by atoms with Crippen LogP contribution in [0.3, 0.4) is 0 Å². The molecule has 1 fully saturated rings. The number of rotatable bonds is 2. The summed E-state index contributed by atoms with van der Waals surface area (Å²) >= 11 is 5.51. The van der Waals surface area contributed by atoms with Gasteiger partial charge in [-0.3, -0.25) is 0 Å². The minimum absolute atomic E-state index is 0.0146. The molecule has 0 aliphatic carbocycles. The van der Waals surface area contributed by atoms with Crippen LogP contribution in [-0.2, 0) is 4.74 Å². The quantitative estimate of drug-likeness (QED) is 0.606. The molecule has 1 unspecified atom stereocenters. The topological polar surface area (TPSA) is 18.5 Å². The van der Waals surface area contributed by atoms with Crippen molar-refractivity contribution in [1.82, 2.24) is 0 Å². The van der Waals surface area contributed by atoms with Crippen LogP contribution in [0.1, 0.15) is 18.4 Å². The number of hydrogen-bond acceptors (Lipinski definition) is 2. The van der Waals surface area contributed by atoms with Crippen molar-refractivity contribution in [2.24, 2.45) is 0 Å². The molecule has 1 aliphatic rings. The number of hydrogen-bond donors (Lipinski definition) is 0. The molecule has 0 amide bonds. The van der Waals surface area contributed by atoms with E-state index in [1.807, 2.05) is 0 Å². The van der Waals surface area contributed by atoms with E-state index in [2.05, 4.69) is 11.8 Å². The average molecular weight is 269 g/mol. The van der Waals surface area contributed by atoms with Crippen molar-refractivity contribution < 1.29 is 13.9 Å². The first-order valence-corrected chi connectivity index (χ1v) is 6.42. The van der Waals surface area contributed by atoms with E-state index in [1.165, 1.54) is 12.1 Å². The number of benzene rings is 1. The lowest BCUT2D eigenvalue weighted by molar-refractivity contribution is 0.00729. The highest BCUT2D eigenvalue weighted by Gasteiger charge is 2.16. The summed E-state index contributed by atoms with van der Waals surface area (Å²) in [6, 6.07) is 4.33. The molecule has 0 aromatic heterocycles. The molecule has 0 radical (unpaired) electrons. The van der Waals surface area contributed by atoms with E-state index in [0.717, 1.165) is 19.4 Å². The largest absolute Gasteiger partial charge is 0.487 e. The van der Waals surface area contributed by atoms with Gasteiger partial charge in [0.05, 0.1) is 18.1 Å². The Morgan fingerprint density at radius 2 is 2.39 bits per heavy atom. The van der Waals surface area contributed by atoms with Crippen LogP contribution in [-0.4, -0.2) is 25.2 Å². The molecule has 18 heavy (non-hydrogen) atoms.